The van der Waals surface area contributed by atoms with Crippen molar-refractivity contribution < 1.29 is 14.6 Å². The lowest BCUT2D eigenvalue weighted by molar-refractivity contribution is -0.138. The molecule has 0 spiro atoms. The number of nitrogens with two attached hydrogens (primary N) is 1. The van der Waals surface area contributed by atoms with Crippen molar-refractivity contribution >= 4 is 5.97 Å². The molecule has 0 saturated heterocycles. The highest BCUT2D eigenvalue weighted by atomic mass is 16.5. The van der Waals surface area contributed by atoms with Crippen molar-refractivity contribution in [1.29, 1.82) is 0 Å². The fourth-order valence-electron chi connectivity index (χ4n) is 2.24. The molecule has 0 aliphatic heterocycles. The first-order chi connectivity index (χ1) is 10.7. The summed E-state index contributed by atoms with van der Waals surface area (Å²) in [5, 5.41) is 8.91. The number of aliphatic carboxylic acids is 1. The van der Waals surface area contributed by atoms with Crippen LogP contribution in [0, 0.1) is 0 Å². The van der Waals surface area contributed by atoms with Crippen molar-refractivity contribution in [3.63, 3.8) is 0 Å². The molecule has 22 heavy (non-hydrogen) atoms. The van der Waals surface area contributed by atoms with Crippen molar-refractivity contribution in [1.82, 2.24) is 0 Å². The number of para-hydroxylation sites is 1. The zero-order chi connectivity index (χ0) is 15.8. The SMILES string of the molecule is N[C@H](Cc1ccccc1OCCCc1ccccc1)C(=O)O. The zero-order valence-electron chi connectivity index (χ0n) is 12.4. The lowest BCUT2D eigenvalue weighted by Crippen LogP contribution is -2.32. The van der Waals surface area contributed by atoms with Gasteiger partial charge in [-0.3, -0.25) is 4.79 Å². The quantitative estimate of drug-likeness (QED) is 0.735. The predicted molar refractivity (Wildman–Crippen MR) is 86.0 cm³/mol. The lowest BCUT2D eigenvalue weighted by atomic mass is 10.1. The van der Waals surface area contributed by atoms with Gasteiger partial charge in [0.2, 0.25) is 0 Å². The highest BCUT2D eigenvalue weighted by Crippen LogP contribution is 2.19. The Kier molecular flexibility index (Phi) is 5.98. The Morgan fingerprint density at radius 2 is 1.77 bits per heavy atom. The summed E-state index contributed by atoms with van der Waals surface area (Å²) in [6, 6.07) is 16.8. The van der Waals surface area contributed by atoms with Crippen molar-refractivity contribution in [2.45, 2.75) is 25.3 Å². The average Bonchev–Trinajstić information content (AvgIpc) is 2.54. The highest BCUT2D eigenvalue weighted by molar-refractivity contribution is 5.73. The summed E-state index contributed by atoms with van der Waals surface area (Å²) >= 11 is 0. The third-order valence-electron chi connectivity index (χ3n) is 3.44. The Balaban J connectivity index is 1.86. The van der Waals surface area contributed by atoms with Crippen LogP contribution in [0.25, 0.3) is 0 Å². The van der Waals surface area contributed by atoms with E-state index in [2.05, 4.69) is 12.1 Å². The number of aryl methyl sites for hydroxylation is 1. The Bertz CT molecular complexity index is 598. The largest absolute Gasteiger partial charge is 0.493 e. The van der Waals surface area contributed by atoms with E-state index in [1.807, 2.05) is 42.5 Å². The Labute approximate surface area is 130 Å². The van der Waals surface area contributed by atoms with Gasteiger partial charge in [0.15, 0.2) is 0 Å². The summed E-state index contributed by atoms with van der Waals surface area (Å²) < 4.78 is 5.79. The second-order valence-corrected chi connectivity index (χ2v) is 5.19. The second kappa shape index (κ2) is 8.20. The molecule has 0 radical (unpaired) electrons. The van der Waals surface area contributed by atoms with Gasteiger partial charge in [0, 0.05) is 6.42 Å². The van der Waals surface area contributed by atoms with Crippen LogP contribution in [0.3, 0.4) is 0 Å². The van der Waals surface area contributed by atoms with Gasteiger partial charge in [-0.25, -0.2) is 0 Å². The molecule has 0 heterocycles. The molecule has 116 valence electrons. The number of carboxylic acids is 1. The number of rotatable bonds is 8. The van der Waals surface area contributed by atoms with Gasteiger partial charge in [-0.05, 0) is 30.0 Å². The average molecular weight is 299 g/mol. The van der Waals surface area contributed by atoms with Crippen molar-refractivity contribution in [3.05, 3.63) is 65.7 Å². The number of hydrogen-bond acceptors (Lipinski definition) is 3. The maximum Gasteiger partial charge on any atom is 0.320 e. The molecular formula is C18H21NO3. The highest BCUT2D eigenvalue weighted by Gasteiger charge is 2.14. The number of carbonyl (C=O) groups is 1. The smallest absolute Gasteiger partial charge is 0.320 e. The van der Waals surface area contributed by atoms with Gasteiger partial charge in [-0.1, -0.05) is 48.5 Å². The van der Waals surface area contributed by atoms with Crippen molar-refractivity contribution in [2.75, 3.05) is 6.61 Å². The number of carboxylic acid groups (broad SMARTS) is 1. The minimum Gasteiger partial charge on any atom is -0.493 e. The summed E-state index contributed by atoms with van der Waals surface area (Å²) in [5.74, 6) is -0.286. The van der Waals surface area contributed by atoms with Crippen LogP contribution >= 0.6 is 0 Å². The molecule has 2 rings (SSSR count). The maximum absolute atomic E-state index is 10.9. The number of benzene rings is 2. The molecule has 0 aliphatic carbocycles. The summed E-state index contributed by atoms with van der Waals surface area (Å²) in [7, 11) is 0. The van der Waals surface area contributed by atoms with Crippen LogP contribution in [-0.2, 0) is 17.6 Å². The van der Waals surface area contributed by atoms with Crippen molar-refractivity contribution in [3.8, 4) is 5.75 Å². The molecule has 1 atom stereocenters. The number of ether oxygens (including phenoxy) is 1. The van der Waals surface area contributed by atoms with Gasteiger partial charge in [0.25, 0.3) is 0 Å². The van der Waals surface area contributed by atoms with Crippen LogP contribution in [-0.4, -0.2) is 23.7 Å². The van der Waals surface area contributed by atoms with Crippen LogP contribution in [0.15, 0.2) is 54.6 Å². The van der Waals surface area contributed by atoms with E-state index in [9.17, 15) is 4.79 Å². The van der Waals surface area contributed by atoms with Crippen molar-refractivity contribution in [2.24, 2.45) is 5.73 Å². The van der Waals surface area contributed by atoms with E-state index in [0.717, 1.165) is 18.4 Å². The van der Waals surface area contributed by atoms with Gasteiger partial charge in [0.05, 0.1) is 6.61 Å². The van der Waals surface area contributed by atoms with E-state index in [1.165, 1.54) is 5.56 Å². The van der Waals surface area contributed by atoms with E-state index < -0.39 is 12.0 Å². The molecule has 0 bridgehead atoms. The predicted octanol–water partition coefficient (Wildman–Crippen LogP) is 2.65. The van der Waals surface area contributed by atoms with Crippen LogP contribution < -0.4 is 10.5 Å². The second-order valence-electron chi connectivity index (χ2n) is 5.19. The normalized spacial score (nSPS) is 11.9. The summed E-state index contributed by atoms with van der Waals surface area (Å²) in [6.45, 7) is 0.591. The number of hydrogen-bond donors (Lipinski definition) is 2. The molecule has 0 fully saturated rings. The van der Waals surface area contributed by atoms with Gasteiger partial charge in [0.1, 0.15) is 11.8 Å². The molecule has 2 aromatic carbocycles. The minimum absolute atomic E-state index is 0.268. The molecule has 0 saturated carbocycles. The van der Waals surface area contributed by atoms with E-state index in [-0.39, 0.29) is 6.42 Å². The first-order valence-corrected chi connectivity index (χ1v) is 7.40. The molecule has 0 amide bonds. The van der Waals surface area contributed by atoms with Crippen LogP contribution in [0.2, 0.25) is 0 Å². The van der Waals surface area contributed by atoms with Gasteiger partial charge >= 0.3 is 5.97 Å². The van der Waals surface area contributed by atoms with E-state index in [4.69, 9.17) is 15.6 Å². The van der Waals surface area contributed by atoms with E-state index >= 15 is 0 Å². The molecule has 3 N–H and O–H groups in total. The van der Waals surface area contributed by atoms with Crippen LogP contribution in [0.1, 0.15) is 17.5 Å². The molecule has 2 aromatic rings. The third kappa shape index (κ3) is 4.90. The molecule has 0 aliphatic rings. The minimum atomic E-state index is -1.00. The van der Waals surface area contributed by atoms with Gasteiger partial charge < -0.3 is 15.6 Å². The molecule has 4 heteroatoms. The zero-order valence-corrected chi connectivity index (χ0v) is 12.4. The summed E-state index contributed by atoms with van der Waals surface area (Å²) in [4.78, 5) is 10.9. The lowest BCUT2D eigenvalue weighted by Gasteiger charge is -2.13. The topological polar surface area (TPSA) is 72.5 Å². The van der Waals surface area contributed by atoms with Crippen LogP contribution in [0.4, 0.5) is 0 Å². The van der Waals surface area contributed by atoms with Gasteiger partial charge in [-0.2, -0.15) is 0 Å². The Morgan fingerprint density at radius 1 is 1.09 bits per heavy atom. The molecule has 0 unspecified atom stereocenters. The molecule has 0 aromatic heterocycles. The monoisotopic (exact) mass is 299 g/mol. The standard InChI is InChI=1S/C18H21NO3/c19-16(18(20)21)13-15-10-4-5-11-17(15)22-12-6-9-14-7-2-1-3-8-14/h1-5,7-8,10-11,16H,6,9,12-13,19H2,(H,20,21)/t16-/m1/s1. The van der Waals surface area contributed by atoms with E-state index in [1.54, 1.807) is 0 Å². The Hall–Kier alpha value is -2.33. The van der Waals surface area contributed by atoms with Crippen LogP contribution in [0.5, 0.6) is 5.75 Å². The first-order valence-electron chi connectivity index (χ1n) is 7.40. The van der Waals surface area contributed by atoms with E-state index in [0.29, 0.717) is 12.4 Å². The third-order valence-corrected chi connectivity index (χ3v) is 3.44. The molecular weight excluding hydrogens is 278 g/mol. The molecule has 4 nitrogen and oxygen atoms in total. The fraction of sp³-hybridized carbons (Fsp3) is 0.278. The first kappa shape index (κ1) is 16.0. The fourth-order valence-corrected chi connectivity index (χ4v) is 2.24. The van der Waals surface area contributed by atoms with Gasteiger partial charge in [-0.15, -0.1) is 0 Å². The maximum atomic E-state index is 10.9. The summed E-state index contributed by atoms with van der Waals surface area (Å²) in [6.07, 6.45) is 2.13. The Morgan fingerprint density at radius 3 is 2.50 bits per heavy atom. The summed E-state index contributed by atoms with van der Waals surface area (Å²) in [5.41, 5.74) is 7.71.